The van der Waals surface area contributed by atoms with Gasteiger partial charge in [-0.05, 0) is 66.8 Å². The van der Waals surface area contributed by atoms with E-state index in [9.17, 15) is 4.79 Å². The molecule has 4 aromatic rings. The molecule has 4 rings (SSSR count). The zero-order valence-corrected chi connectivity index (χ0v) is 31.4. The van der Waals surface area contributed by atoms with Gasteiger partial charge in [0.05, 0.1) is 6.61 Å². The Kier molecular flexibility index (Phi) is 11.5. The van der Waals surface area contributed by atoms with E-state index in [0.717, 1.165) is 20.7 Å². The van der Waals surface area contributed by atoms with Crippen LogP contribution in [0.1, 0.15) is 13.3 Å². The highest BCUT2D eigenvalue weighted by molar-refractivity contribution is 7.05. The summed E-state index contributed by atoms with van der Waals surface area (Å²) in [6, 6.07) is 42.5. The Labute approximate surface area is 273 Å². The van der Waals surface area contributed by atoms with Gasteiger partial charge in [0.2, 0.25) is 16.6 Å². The van der Waals surface area contributed by atoms with Gasteiger partial charge in [0, 0.05) is 11.6 Å². The summed E-state index contributed by atoms with van der Waals surface area (Å²) >= 11 is 0. The van der Waals surface area contributed by atoms with E-state index in [0.29, 0.717) is 18.0 Å². The first-order chi connectivity index (χ1) is 21.4. The fraction of sp³-hybridized carbons (Fsp3) is 0.250. The molecule has 9 heteroatoms. The van der Waals surface area contributed by atoms with Crippen molar-refractivity contribution >= 4 is 60.5 Å². The molecular weight excluding hydrogens is 625 g/mol. The van der Waals surface area contributed by atoms with E-state index < -0.39 is 39.7 Å². The third kappa shape index (κ3) is 8.98. The van der Waals surface area contributed by atoms with Crippen molar-refractivity contribution in [2.75, 3.05) is 6.61 Å². The van der Waals surface area contributed by atoms with Crippen molar-refractivity contribution in [1.29, 1.82) is 0 Å². The van der Waals surface area contributed by atoms with E-state index in [-0.39, 0.29) is 6.61 Å². The summed E-state index contributed by atoms with van der Waals surface area (Å²) < 4.78 is 28.3. The van der Waals surface area contributed by atoms with Gasteiger partial charge in [0.25, 0.3) is 0 Å². The highest BCUT2D eigenvalue weighted by atomic mass is 28.5. The zero-order chi connectivity index (χ0) is 32.6. The second-order valence-corrected chi connectivity index (χ2v) is 27.6. The molecule has 0 unspecified atom stereocenters. The van der Waals surface area contributed by atoms with Crippen LogP contribution in [-0.4, -0.2) is 46.3 Å². The lowest BCUT2D eigenvalue weighted by molar-refractivity contribution is -0.139. The van der Waals surface area contributed by atoms with Crippen molar-refractivity contribution < 1.29 is 21.9 Å². The number of carbonyl (C=O) groups is 1. The summed E-state index contributed by atoms with van der Waals surface area (Å²) in [5, 5.41) is 4.58. The highest BCUT2D eigenvalue weighted by Crippen LogP contribution is 2.30. The maximum atomic E-state index is 12.3. The van der Waals surface area contributed by atoms with Gasteiger partial charge in [0.15, 0.2) is 8.32 Å². The fourth-order valence-electron chi connectivity index (χ4n) is 5.47. The first kappa shape index (κ1) is 34.7. The molecule has 0 radical (unpaired) electrons. The van der Waals surface area contributed by atoms with E-state index in [4.69, 9.17) is 17.1 Å². The lowest BCUT2D eigenvalue weighted by atomic mass is 10.4. The minimum Gasteiger partial charge on any atom is -0.462 e. The molecule has 5 nitrogen and oxygen atoms in total. The van der Waals surface area contributed by atoms with Crippen LogP contribution in [0, 0.1) is 0 Å². The number of rotatable bonds is 15. The Morgan fingerprint density at radius 2 is 0.911 bits per heavy atom. The molecule has 0 aliphatic heterocycles. The van der Waals surface area contributed by atoms with Crippen LogP contribution in [0.2, 0.25) is 38.8 Å². The van der Waals surface area contributed by atoms with Crippen LogP contribution in [-0.2, 0) is 21.9 Å². The molecule has 0 aromatic heterocycles. The average Bonchev–Trinajstić information content (AvgIpc) is 3.03. The van der Waals surface area contributed by atoms with Gasteiger partial charge < -0.3 is 17.1 Å². The molecule has 0 fully saturated rings. The SMILES string of the molecule is C=C(C)C(=O)OCCC[Si](O[Si](C)(C)C)(O[Si](C)(c1ccccc1)c1ccccc1)O[Si](C)(c1ccccc1)c1ccccc1. The lowest BCUT2D eigenvalue weighted by Gasteiger charge is -2.46. The van der Waals surface area contributed by atoms with Crippen molar-refractivity contribution in [1.82, 2.24) is 0 Å². The Balaban J connectivity index is 1.91. The Morgan fingerprint density at radius 1 is 0.578 bits per heavy atom. The normalized spacial score (nSPS) is 12.5. The molecule has 45 heavy (non-hydrogen) atoms. The van der Waals surface area contributed by atoms with Crippen molar-refractivity contribution in [2.24, 2.45) is 0 Å². The molecule has 0 spiro atoms. The largest absolute Gasteiger partial charge is 0.470 e. The molecule has 0 atom stereocenters. The van der Waals surface area contributed by atoms with Crippen molar-refractivity contribution in [2.45, 2.75) is 52.1 Å². The molecular formula is C36H46O5Si4. The predicted octanol–water partition coefficient (Wildman–Crippen LogP) is 6.10. The molecule has 0 N–H and O–H groups in total. The number of esters is 1. The number of hydrogen-bond acceptors (Lipinski definition) is 5. The van der Waals surface area contributed by atoms with Gasteiger partial charge in [-0.3, -0.25) is 0 Å². The molecule has 0 heterocycles. The molecule has 4 aromatic carbocycles. The zero-order valence-electron chi connectivity index (χ0n) is 27.4. The van der Waals surface area contributed by atoms with Crippen LogP contribution in [0.4, 0.5) is 0 Å². The second kappa shape index (κ2) is 15.0. The summed E-state index contributed by atoms with van der Waals surface area (Å²) in [6.45, 7) is 16.7. The number of benzene rings is 4. The Morgan fingerprint density at radius 3 is 1.20 bits per heavy atom. The number of ether oxygens (including phenoxy) is 1. The highest BCUT2D eigenvalue weighted by Gasteiger charge is 2.55. The van der Waals surface area contributed by atoms with Crippen LogP contribution in [0.5, 0.6) is 0 Å². The molecule has 0 aliphatic carbocycles. The number of hydrogen-bond donors (Lipinski definition) is 0. The van der Waals surface area contributed by atoms with Crippen molar-refractivity contribution in [3.63, 3.8) is 0 Å². The van der Waals surface area contributed by atoms with Gasteiger partial charge in [-0.2, -0.15) is 0 Å². The summed E-state index contributed by atoms with van der Waals surface area (Å²) in [7, 11) is -11.6. The standard InChI is InChI=1S/C36H46O5Si4/c1-31(2)36(37)38-29-20-30-45(39-42(3,4)5,40-43(6,32-21-12-8-13-22-32)33-23-14-9-15-24-33)41-44(7,34-25-16-10-17-26-34)35-27-18-11-19-28-35/h8-19,21-28H,1,20,29-30H2,2-7H3. The van der Waals surface area contributed by atoms with Crippen LogP contribution >= 0.6 is 0 Å². The van der Waals surface area contributed by atoms with Gasteiger partial charge in [0.1, 0.15) is 0 Å². The summed E-state index contributed by atoms with van der Waals surface area (Å²) in [6.07, 6.45) is 0.540. The Hall–Kier alpha value is -3.16. The smallest absolute Gasteiger partial charge is 0.462 e. The maximum absolute atomic E-state index is 12.3. The molecule has 0 bridgehead atoms. The van der Waals surface area contributed by atoms with E-state index >= 15 is 0 Å². The van der Waals surface area contributed by atoms with Gasteiger partial charge in [-0.25, -0.2) is 4.79 Å². The third-order valence-corrected chi connectivity index (χ3v) is 23.8. The van der Waals surface area contributed by atoms with E-state index in [2.05, 4.69) is 136 Å². The molecule has 0 aliphatic rings. The number of carbonyl (C=O) groups excluding carboxylic acids is 1. The third-order valence-electron chi connectivity index (χ3n) is 7.69. The fourth-order valence-corrected chi connectivity index (χ4v) is 23.5. The van der Waals surface area contributed by atoms with E-state index in [1.54, 1.807) is 6.92 Å². The minimum atomic E-state index is -3.56. The van der Waals surface area contributed by atoms with Crippen LogP contribution in [0.3, 0.4) is 0 Å². The minimum absolute atomic E-state index is 0.228. The Bertz CT molecular complexity index is 1360. The second-order valence-electron chi connectivity index (χ2n) is 12.7. The van der Waals surface area contributed by atoms with Crippen molar-refractivity contribution in [3.8, 4) is 0 Å². The molecule has 0 saturated heterocycles. The van der Waals surface area contributed by atoms with Gasteiger partial charge in [-0.1, -0.05) is 128 Å². The van der Waals surface area contributed by atoms with Gasteiger partial charge in [-0.15, -0.1) is 0 Å². The molecule has 0 saturated carbocycles. The maximum Gasteiger partial charge on any atom is 0.470 e. The topological polar surface area (TPSA) is 54.0 Å². The monoisotopic (exact) mass is 670 g/mol. The van der Waals surface area contributed by atoms with Crippen LogP contribution < -0.4 is 20.7 Å². The van der Waals surface area contributed by atoms with Crippen LogP contribution in [0.15, 0.2) is 133 Å². The summed E-state index contributed by atoms with van der Waals surface area (Å²) in [5.41, 5.74) is 0.380. The first-order valence-electron chi connectivity index (χ1n) is 15.5. The average molecular weight is 671 g/mol. The molecule has 236 valence electrons. The molecule has 0 amide bonds. The van der Waals surface area contributed by atoms with Crippen molar-refractivity contribution in [3.05, 3.63) is 133 Å². The quantitative estimate of drug-likeness (QED) is 0.0663. The van der Waals surface area contributed by atoms with E-state index in [1.807, 2.05) is 24.3 Å². The van der Waals surface area contributed by atoms with Crippen LogP contribution in [0.25, 0.3) is 0 Å². The summed E-state index contributed by atoms with van der Waals surface area (Å²) in [5.74, 6) is -0.393. The lowest BCUT2D eigenvalue weighted by Crippen LogP contribution is -2.72. The first-order valence-corrected chi connectivity index (χ1v) is 25.7. The summed E-state index contributed by atoms with van der Waals surface area (Å²) in [4.78, 5) is 12.3. The van der Waals surface area contributed by atoms with E-state index in [1.165, 1.54) is 0 Å². The van der Waals surface area contributed by atoms with Gasteiger partial charge >= 0.3 is 14.8 Å². The predicted molar refractivity (Wildman–Crippen MR) is 195 cm³/mol.